The van der Waals surface area contributed by atoms with E-state index in [1.165, 1.54) is 19.3 Å². The van der Waals surface area contributed by atoms with Crippen LogP contribution in [0, 0.1) is 5.92 Å². The molecule has 0 aliphatic rings. The Hall–Kier alpha value is -0.300. The molecule has 0 fully saturated rings. The summed E-state index contributed by atoms with van der Waals surface area (Å²) in [5.74, 6) is 0.778. The number of hydrogen-bond acceptors (Lipinski definition) is 1. The zero-order valence-electron chi connectivity index (χ0n) is 10.6. The van der Waals surface area contributed by atoms with Gasteiger partial charge in [-0.3, -0.25) is 0 Å². The first-order valence-electron chi connectivity index (χ1n) is 5.87. The zero-order chi connectivity index (χ0) is 11.2. The molecule has 0 saturated heterocycles. The maximum absolute atomic E-state index is 3.90. The van der Waals surface area contributed by atoms with Gasteiger partial charge in [-0.15, -0.1) is 6.58 Å². The van der Waals surface area contributed by atoms with Gasteiger partial charge in [0.25, 0.3) is 0 Å². The van der Waals surface area contributed by atoms with Crippen molar-refractivity contribution in [3.8, 4) is 0 Å². The van der Waals surface area contributed by atoms with Gasteiger partial charge in [0.15, 0.2) is 0 Å². The first kappa shape index (κ1) is 13.7. The molecule has 0 aromatic carbocycles. The highest BCUT2D eigenvalue weighted by Crippen LogP contribution is 2.35. The van der Waals surface area contributed by atoms with E-state index in [2.05, 4.69) is 52.4 Å². The topological polar surface area (TPSA) is 3.24 Å². The van der Waals surface area contributed by atoms with Crippen molar-refractivity contribution in [2.24, 2.45) is 5.92 Å². The van der Waals surface area contributed by atoms with Gasteiger partial charge in [0, 0.05) is 5.54 Å². The Kier molecular flexibility index (Phi) is 6.10. The lowest BCUT2D eigenvalue weighted by molar-refractivity contribution is 0.0691. The minimum atomic E-state index is 0.325. The Bertz CT molecular complexity index is 159. The monoisotopic (exact) mass is 197 g/mol. The third-order valence-corrected chi connectivity index (χ3v) is 3.75. The fourth-order valence-electron chi connectivity index (χ4n) is 2.76. The normalized spacial score (nSPS) is 15.9. The zero-order valence-corrected chi connectivity index (χ0v) is 10.6. The molecule has 1 atom stereocenters. The fraction of sp³-hybridized carbons (Fsp3) is 0.846. The van der Waals surface area contributed by atoms with Crippen LogP contribution in [0.25, 0.3) is 0 Å². The molecule has 1 unspecified atom stereocenters. The lowest BCUT2D eigenvalue weighted by Crippen LogP contribution is -2.49. The summed E-state index contributed by atoms with van der Waals surface area (Å²) in [4.78, 5) is 2.40. The van der Waals surface area contributed by atoms with E-state index >= 15 is 0 Å². The molecule has 1 heteroatoms. The first-order chi connectivity index (χ1) is 6.58. The van der Waals surface area contributed by atoms with Gasteiger partial charge in [0.2, 0.25) is 0 Å². The van der Waals surface area contributed by atoms with Crippen LogP contribution in [0.1, 0.15) is 46.5 Å². The number of hydrogen-bond donors (Lipinski definition) is 0. The molecule has 84 valence electrons. The van der Waals surface area contributed by atoms with Crippen LogP contribution in [-0.4, -0.2) is 24.5 Å². The summed E-state index contributed by atoms with van der Waals surface area (Å²) in [6, 6.07) is 0. The van der Waals surface area contributed by atoms with E-state index in [0.29, 0.717) is 5.54 Å². The minimum Gasteiger partial charge on any atom is -0.303 e. The maximum Gasteiger partial charge on any atom is 0.0263 e. The second kappa shape index (κ2) is 6.23. The quantitative estimate of drug-likeness (QED) is 0.562. The van der Waals surface area contributed by atoms with Crippen molar-refractivity contribution in [1.82, 2.24) is 4.90 Å². The van der Waals surface area contributed by atoms with E-state index in [-0.39, 0.29) is 0 Å². The lowest BCUT2D eigenvalue weighted by Gasteiger charge is -2.45. The summed E-state index contributed by atoms with van der Waals surface area (Å²) in [6.45, 7) is 10.8. The average molecular weight is 197 g/mol. The molecule has 0 radical (unpaired) electrons. The minimum absolute atomic E-state index is 0.325. The molecule has 0 spiro atoms. The Morgan fingerprint density at radius 2 is 1.71 bits per heavy atom. The van der Waals surface area contributed by atoms with Gasteiger partial charge >= 0.3 is 0 Å². The van der Waals surface area contributed by atoms with Crippen molar-refractivity contribution < 1.29 is 0 Å². The third-order valence-electron chi connectivity index (χ3n) is 3.75. The molecule has 0 rings (SSSR count). The van der Waals surface area contributed by atoms with Crippen LogP contribution >= 0.6 is 0 Å². The van der Waals surface area contributed by atoms with Crippen LogP contribution in [-0.2, 0) is 0 Å². The van der Waals surface area contributed by atoms with Crippen LogP contribution in [0.4, 0.5) is 0 Å². The molecule has 0 heterocycles. The fourth-order valence-corrected chi connectivity index (χ4v) is 2.76. The second-order valence-electron chi connectivity index (χ2n) is 4.36. The van der Waals surface area contributed by atoms with E-state index in [0.717, 1.165) is 12.3 Å². The van der Waals surface area contributed by atoms with Gasteiger partial charge in [-0.2, -0.15) is 0 Å². The molecule has 0 saturated carbocycles. The van der Waals surface area contributed by atoms with Crippen molar-refractivity contribution in [2.45, 2.75) is 52.0 Å². The van der Waals surface area contributed by atoms with Crippen LogP contribution in [0.5, 0.6) is 0 Å². The summed E-state index contributed by atoms with van der Waals surface area (Å²) in [6.07, 6.45) is 6.90. The van der Waals surface area contributed by atoms with Crippen molar-refractivity contribution in [2.75, 3.05) is 14.1 Å². The molecule has 0 aliphatic carbocycles. The van der Waals surface area contributed by atoms with Crippen LogP contribution < -0.4 is 0 Å². The predicted octanol–water partition coefficient (Wildman–Crippen LogP) is 3.71. The van der Waals surface area contributed by atoms with Gasteiger partial charge in [-0.1, -0.05) is 39.7 Å². The maximum atomic E-state index is 3.90. The van der Waals surface area contributed by atoms with E-state index in [1.807, 2.05) is 0 Å². The highest BCUT2D eigenvalue weighted by atomic mass is 15.1. The van der Waals surface area contributed by atoms with Gasteiger partial charge in [0.05, 0.1) is 0 Å². The molecule has 0 aliphatic heterocycles. The molecule has 1 nitrogen and oxygen atoms in total. The number of rotatable bonds is 7. The van der Waals surface area contributed by atoms with Gasteiger partial charge < -0.3 is 4.90 Å². The third kappa shape index (κ3) is 2.60. The summed E-state index contributed by atoms with van der Waals surface area (Å²) in [5, 5.41) is 0. The Labute approximate surface area is 90.2 Å². The lowest BCUT2D eigenvalue weighted by atomic mass is 9.75. The SMILES string of the molecule is C=CCC(CC)(C(CC)CC)N(C)C. The molecule has 14 heavy (non-hydrogen) atoms. The predicted molar refractivity (Wildman–Crippen MR) is 65.6 cm³/mol. The summed E-state index contributed by atoms with van der Waals surface area (Å²) < 4.78 is 0. The number of nitrogens with zero attached hydrogens (tertiary/aromatic N) is 1. The van der Waals surface area contributed by atoms with Crippen molar-refractivity contribution in [1.29, 1.82) is 0 Å². The van der Waals surface area contributed by atoms with Gasteiger partial charge in [-0.25, -0.2) is 0 Å². The van der Waals surface area contributed by atoms with Gasteiger partial charge in [-0.05, 0) is 32.9 Å². The van der Waals surface area contributed by atoms with Crippen molar-refractivity contribution in [3.63, 3.8) is 0 Å². The smallest absolute Gasteiger partial charge is 0.0263 e. The molecule has 0 amide bonds. The largest absolute Gasteiger partial charge is 0.303 e. The molecule has 0 aromatic heterocycles. The van der Waals surface area contributed by atoms with Gasteiger partial charge in [0.1, 0.15) is 0 Å². The van der Waals surface area contributed by atoms with Crippen LogP contribution in [0.2, 0.25) is 0 Å². The molecule has 0 N–H and O–H groups in total. The van der Waals surface area contributed by atoms with Crippen molar-refractivity contribution >= 4 is 0 Å². The van der Waals surface area contributed by atoms with E-state index in [9.17, 15) is 0 Å². The standard InChI is InChI=1S/C13H27N/c1-7-11-13(10-4,14(5)6)12(8-2)9-3/h7,12H,1,8-11H2,2-6H3. The van der Waals surface area contributed by atoms with E-state index in [4.69, 9.17) is 0 Å². The Morgan fingerprint density at radius 1 is 1.21 bits per heavy atom. The Morgan fingerprint density at radius 3 is 1.93 bits per heavy atom. The van der Waals surface area contributed by atoms with Crippen LogP contribution in [0.15, 0.2) is 12.7 Å². The summed E-state index contributed by atoms with van der Waals surface area (Å²) in [5.41, 5.74) is 0.325. The van der Waals surface area contributed by atoms with Crippen LogP contribution in [0.3, 0.4) is 0 Å². The molecular formula is C13H27N. The second-order valence-corrected chi connectivity index (χ2v) is 4.36. The summed E-state index contributed by atoms with van der Waals surface area (Å²) >= 11 is 0. The Balaban J connectivity index is 4.88. The van der Waals surface area contributed by atoms with E-state index in [1.54, 1.807) is 0 Å². The highest BCUT2D eigenvalue weighted by Gasteiger charge is 2.35. The molecule has 0 aromatic rings. The average Bonchev–Trinajstić information content (AvgIpc) is 2.17. The van der Waals surface area contributed by atoms with Crippen molar-refractivity contribution in [3.05, 3.63) is 12.7 Å². The first-order valence-corrected chi connectivity index (χ1v) is 5.87. The molecule has 0 bridgehead atoms. The summed E-state index contributed by atoms with van der Waals surface area (Å²) in [7, 11) is 4.40. The van der Waals surface area contributed by atoms with E-state index < -0.39 is 0 Å². The molecular weight excluding hydrogens is 170 g/mol. The highest BCUT2D eigenvalue weighted by molar-refractivity contribution is 4.97.